The summed E-state index contributed by atoms with van der Waals surface area (Å²) < 4.78 is 0. The lowest BCUT2D eigenvalue weighted by molar-refractivity contribution is 1.45. The molecule has 0 fully saturated rings. The molecule has 12 heavy (non-hydrogen) atoms. The van der Waals surface area contributed by atoms with Crippen LogP contribution in [-0.4, -0.2) is 19.1 Å². The molecular formula is C9H11BN2. The van der Waals surface area contributed by atoms with Crippen molar-refractivity contribution in [2.75, 3.05) is 0 Å². The highest BCUT2D eigenvalue weighted by Gasteiger charge is 2.19. The van der Waals surface area contributed by atoms with Gasteiger partial charge in [0.05, 0.1) is 0 Å². The van der Waals surface area contributed by atoms with E-state index >= 15 is 0 Å². The summed E-state index contributed by atoms with van der Waals surface area (Å²) in [5, 5.41) is 0. The van der Waals surface area contributed by atoms with Gasteiger partial charge in [-0.05, 0) is 0 Å². The van der Waals surface area contributed by atoms with Gasteiger partial charge in [-0.25, -0.2) is 0 Å². The molecule has 3 heteroatoms. The summed E-state index contributed by atoms with van der Waals surface area (Å²) in [4.78, 5) is 8.60. The summed E-state index contributed by atoms with van der Waals surface area (Å²) >= 11 is 0. The molecule has 60 valence electrons. The molecule has 2 aliphatic rings. The number of hydrogen-bond donors (Lipinski definition) is 0. The van der Waals surface area contributed by atoms with Crippen molar-refractivity contribution >= 4 is 19.1 Å². The van der Waals surface area contributed by atoms with Crippen molar-refractivity contribution < 1.29 is 0 Å². The van der Waals surface area contributed by atoms with E-state index in [1.165, 1.54) is 11.2 Å². The Balaban J connectivity index is 2.13. The topological polar surface area (TPSA) is 24.7 Å². The van der Waals surface area contributed by atoms with E-state index in [1.54, 1.807) is 0 Å². The maximum Gasteiger partial charge on any atom is 0.253 e. The van der Waals surface area contributed by atoms with E-state index < -0.39 is 0 Å². The van der Waals surface area contributed by atoms with E-state index in [1.807, 2.05) is 12.4 Å². The zero-order valence-corrected chi connectivity index (χ0v) is 7.20. The van der Waals surface area contributed by atoms with E-state index in [4.69, 9.17) is 0 Å². The third-order valence-electron chi connectivity index (χ3n) is 2.23. The molecule has 2 heterocycles. The van der Waals surface area contributed by atoms with E-state index in [2.05, 4.69) is 29.0 Å². The van der Waals surface area contributed by atoms with E-state index in [9.17, 15) is 0 Å². The summed E-state index contributed by atoms with van der Waals surface area (Å²) in [6, 6.07) is 0. The monoisotopic (exact) mass is 158 g/mol. The summed E-state index contributed by atoms with van der Waals surface area (Å²) in [5.74, 6) is 0. The highest BCUT2D eigenvalue weighted by molar-refractivity contribution is 6.73. The second kappa shape index (κ2) is 3.09. The van der Waals surface area contributed by atoms with Crippen molar-refractivity contribution in [1.29, 1.82) is 0 Å². The molecule has 0 aromatic rings. The fourth-order valence-corrected chi connectivity index (χ4v) is 1.50. The largest absolute Gasteiger partial charge is 0.275 e. The molecule has 0 unspecified atom stereocenters. The molecule has 2 nitrogen and oxygen atoms in total. The molecular weight excluding hydrogens is 147 g/mol. The van der Waals surface area contributed by atoms with E-state index in [-0.39, 0.29) is 0 Å². The Hall–Kier alpha value is -1.12. The first-order chi connectivity index (χ1) is 5.88. The lowest BCUT2D eigenvalue weighted by Crippen LogP contribution is -2.11. The standard InChI is InChI=1S/C9H11BN2/c1-10(8-4-2-6-11-8)9-5-3-7-12-9/h4-7H,2-3H2,1H3. The molecule has 0 spiro atoms. The Kier molecular flexibility index (Phi) is 1.94. The van der Waals surface area contributed by atoms with Crippen LogP contribution < -0.4 is 0 Å². The fourth-order valence-electron chi connectivity index (χ4n) is 1.50. The summed E-state index contributed by atoms with van der Waals surface area (Å²) in [6.45, 7) is 2.53. The van der Waals surface area contributed by atoms with Gasteiger partial charge in [-0.15, -0.1) is 0 Å². The molecule has 0 saturated heterocycles. The maximum atomic E-state index is 4.30. The van der Waals surface area contributed by atoms with Gasteiger partial charge in [0.25, 0.3) is 6.71 Å². The first kappa shape index (κ1) is 7.53. The lowest BCUT2D eigenvalue weighted by atomic mass is 9.47. The van der Waals surface area contributed by atoms with Crippen LogP contribution in [0.15, 0.2) is 33.3 Å². The SMILES string of the molecule is CB(C1=CCC=N1)C1=CCC=N1. The Labute approximate surface area is 72.9 Å². The van der Waals surface area contributed by atoms with Gasteiger partial charge >= 0.3 is 0 Å². The predicted octanol–water partition coefficient (Wildman–Crippen LogP) is 1.91. The molecule has 0 N–H and O–H groups in total. The smallest absolute Gasteiger partial charge is 0.253 e. The highest BCUT2D eigenvalue weighted by Crippen LogP contribution is 2.18. The van der Waals surface area contributed by atoms with Crippen LogP contribution in [0.5, 0.6) is 0 Å². The van der Waals surface area contributed by atoms with Crippen molar-refractivity contribution in [2.45, 2.75) is 19.7 Å². The van der Waals surface area contributed by atoms with Crippen molar-refractivity contribution in [2.24, 2.45) is 9.98 Å². The average molecular weight is 158 g/mol. The van der Waals surface area contributed by atoms with Gasteiger partial charge in [-0.3, -0.25) is 9.98 Å². The zero-order chi connectivity index (χ0) is 8.39. The van der Waals surface area contributed by atoms with Crippen LogP contribution in [0.2, 0.25) is 6.82 Å². The second-order valence-electron chi connectivity index (χ2n) is 3.07. The lowest BCUT2D eigenvalue weighted by Gasteiger charge is -2.04. The second-order valence-corrected chi connectivity index (χ2v) is 3.07. The Morgan fingerprint density at radius 2 is 1.58 bits per heavy atom. The number of rotatable bonds is 2. The molecule has 0 amide bonds. The van der Waals surface area contributed by atoms with Crippen LogP contribution in [-0.2, 0) is 0 Å². The molecule has 0 aromatic heterocycles. The van der Waals surface area contributed by atoms with Gasteiger partial charge in [-0.2, -0.15) is 0 Å². The van der Waals surface area contributed by atoms with Crippen LogP contribution in [0.3, 0.4) is 0 Å². The first-order valence-corrected chi connectivity index (χ1v) is 4.33. The van der Waals surface area contributed by atoms with Crippen molar-refractivity contribution in [3.05, 3.63) is 23.3 Å². The number of aliphatic imine (C=N–C) groups is 2. The fraction of sp³-hybridized carbons (Fsp3) is 0.333. The van der Waals surface area contributed by atoms with Gasteiger partial charge in [0.2, 0.25) is 0 Å². The van der Waals surface area contributed by atoms with Gasteiger partial charge in [0.1, 0.15) is 0 Å². The van der Waals surface area contributed by atoms with Crippen LogP contribution >= 0.6 is 0 Å². The van der Waals surface area contributed by atoms with Crippen LogP contribution in [0, 0.1) is 0 Å². The minimum atomic E-state index is 0.377. The maximum absolute atomic E-state index is 4.30. The van der Waals surface area contributed by atoms with Crippen LogP contribution in [0.25, 0.3) is 0 Å². The van der Waals surface area contributed by atoms with E-state index in [0.29, 0.717) is 6.71 Å². The Morgan fingerprint density at radius 3 is 1.92 bits per heavy atom. The van der Waals surface area contributed by atoms with Crippen molar-refractivity contribution in [3.8, 4) is 0 Å². The summed E-state index contributed by atoms with van der Waals surface area (Å²) in [5.41, 5.74) is 2.33. The average Bonchev–Trinajstić information content (AvgIpc) is 2.77. The van der Waals surface area contributed by atoms with Crippen LogP contribution in [0.1, 0.15) is 12.8 Å². The molecule has 0 aliphatic carbocycles. The van der Waals surface area contributed by atoms with Gasteiger partial charge in [0.15, 0.2) is 0 Å². The quantitative estimate of drug-likeness (QED) is 0.548. The minimum absolute atomic E-state index is 0.377. The molecule has 0 aromatic carbocycles. The van der Waals surface area contributed by atoms with Crippen molar-refractivity contribution in [1.82, 2.24) is 0 Å². The third kappa shape index (κ3) is 1.27. The van der Waals surface area contributed by atoms with Crippen LogP contribution in [0.4, 0.5) is 0 Å². The Bertz CT molecular complexity index is 270. The molecule has 2 aliphatic heterocycles. The Morgan fingerprint density at radius 1 is 1.08 bits per heavy atom. The summed E-state index contributed by atoms with van der Waals surface area (Å²) in [7, 11) is 0. The number of allylic oxidation sites excluding steroid dienone is 2. The number of hydrogen-bond acceptors (Lipinski definition) is 2. The molecule has 0 saturated carbocycles. The molecule has 0 bridgehead atoms. The summed E-state index contributed by atoms with van der Waals surface area (Å²) in [6.07, 6.45) is 10.2. The molecule has 2 rings (SSSR count). The third-order valence-corrected chi connectivity index (χ3v) is 2.23. The highest BCUT2D eigenvalue weighted by atomic mass is 14.8. The van der Waals surface area contributed by atoms with Crippen molar-refractivity contribution in [3.63, 3.8) is 0 Å². The predicted molar refractivity (Wildman–Crippen MR) is 54.0 cm³/mol. The minimum Gasteiger partial charge on any atom is -0.275 e. The zero-order valence-electron chi connectivity index (χ0n) is 7.20. The normalized spacial score (nSPS) is 19.8. The first-order valence-electron chi connectivity index (χ1n) is 4.33. The number of nitrogens with zero attached hydrogens (tertiary/aromatic N) is 2. The van der Waals surface area contributed by atoms with E-state index in [0.717, 1.165) is 12.8 Å². The molecule has 0 radical (unpaired) electrons. The van der Waals surface area contributed by atoms with Gasteiger partial charge in [-0.1, -0.05) is 19.0 Å². The molecule has 0 atom stereocenters. The van der Waals surface area contributed by atoms with Gasteiger partial charge in [0, 0.05) is 36.5 Å². The van der Waals surface area contributed by atoms with Gasteiger partial charge < -0.3 is 0 Å².